The number of terminal acetylenes is 1. The van der Waals surface area contributed by atoms with Gasteiger partial charge in [-0.15, -0.1) is 12.3 Å². The Hall–Kier alpha value is -1.26. The van der Waals surface area contributed by atoms with Gasteiger partial charge in [0.1, 0.15) is 0 Å². The van der Waals surface area contributed by atoms with E-state index < -0.39 is 5.60 Å². The highest BCUT2D eigenvalue weighted by Crippen LogP contribution is 2.31. The lowest BCUT2D eigenvalue weighted by Crippen LogP contribution is -2.35. The molecule has 1 aliphatic rings. The fraction of sp³-hybridized carbons (Fsp3) is 0.429. The quantitative estimate of drug-likeness (QED) is 0.726. The predicted octanol–water partition coefficient (Wildman–Crippen LogP) is 2.32. The molecule has 0 fully saturated rings. The SMILES string of the molecule is C#CCCC1(O)CCc2ccccc2C1. The number of aryl methyl sites for hydroxylation is 1. The molecule has 0 spiro atoms. The highest BCUT2D eigenvalue weighted by atomic mass is 16.3. The third-order valence-corrected chi connectivity index (χ3v) is 3.23. The minimum absolute atomic E-state index is 0.569. The predicted molar refractivity (Wildman–Crippen MR) is 61.5 cm³/mol. The van der Waals surface area contributed by atoms with Crippen molar-refractivity contribution >= 4 is 0 Å². The van der Waals surface area contributed by atoms with Crippen LogP contribution in [0.15, 0.2) is 24.3 Å². The molecule has 1 nitrogen and oxygen atoms in total. The van der Waals surface area contributed by atoms with Gasteiger partial charge in [0.05, 0.1) is 5.60 Å². The number of fused-ring (bicyclic) bond motifs is 1. The number of hydrogen-bond donors (Lipinski definition) is 1. The van der Waals surface area contributed by atoms with Crippen molar-refractivity contribution in [3.63, 3.8) is 0 Å². The van der Waals surface area contributed by atoms with E-state index in [4.69, 9.17) is 6.42 Å². The maximum absolute atomic E-state index is 10.4. The van der Waals surface area contributed by atoms with Crippen LogP contribution in [-0.2, 0) is 12.8 Å². The van der Waals surface area contributed by atoms with Crippen LogP contribution in [0.3, 0.4) is 0 Å². The van der Waals surface area contributed by atoms with E-state index in [2.05, 4.69) is 24.1 Å². The normalized spacial score (nSPS) is 24.3. The molecular formula is C14H16O. The van der Waals surface area contributed by atoms with Crippen LogP contribution >= 0.6 is 0 Å². The third kappa shape index (κ3) is 2.22. The van der Waals surface area contributed by atoms with Gasteiger partial charge in [-0.25, -0.2) is 0 Å². The molecule has 0 saturated heterocycles. The van der Waals surface area contributed by atoms with Crippen LogP contribution in [0.1, 0.15) is 30.4 Å². The molecule has 0 aromatic heterocycles. The van der Waals surface area contributed by atoms with Crippen molar-refractivity contribution in [2.45, 2.75) is 37.7 Å². The number of hydrogen-bond acceptors (Lipinski definition) is 1. The maximum atomic E-state index is 10.4. The van der Waals surface area contributed by atoms with Crippen LogP contribution < -0.4 is 0 Å². The average Bonchev–Trinajstić information content (AvgIpc) is 2.26. The van der Waals surface area contributed by atoms with Crippen LogP contribution in [0.5, 0.6) is 0 Å². The summed E-state index contributed by atoms with van der Waals surface area (Å²) in [4.78, 5) is 0. The molecule has 0 heterocycles. The van der Waals surface area contributed by atoms with Crippen molar-refractivity contribution in [3.8, 4) is 12.3 Å². The summed E-state index contributed by atoms with van der Waals surface area (Å²) in [5, 5.41) is 10.4. The van der Waals surface area contributed by atoms with Gasteiger partial charge in [0, 0.05) is 12.8 Å². The van der Waals surface area contributed by atoms with Crippen LogP contribution in [0, 0.1) is 12.3 Å². The number of aliphatic hydroxyl groups is 1. The van der Waals surface area contributed by atoms with Crippen LogP contribution in [0.2, 0.25) is 0 Å². The Morgan fingerprint density at radius 2 is 2.07 bits per heavy atom. The van der Waals surface area contributed by atoms with E-state index in [0.717, 1.165) is 25.7 Å². The molecule has 78 valence electrons. The maximum Gasteiger partial charge on any atom is 0.0700 e. The molecule has 1 aromatic rings. The van der Waals surface area contributed by atoms with Gasteiger partial charge >= 0.3 is 0 Å². The molecule has 1 aromatic carbocycles. The highest BCUT2D eigenvalue weighted by molar-refractivity contribution is 5.31. The van der Waals surface area contributed by atoms with Gasteiger partial charge in [0.15, 0.2) is 0 Å². The van der Waals surface area contributed by atoms with E-state index in [1.54, 1.807) is 0 Å². The molecule has 1 unspecified atom stereocenters. The van der Waals surface area contributed by atoms with E-state index in [1.165, 1.54) is 11.1 Å². The summed E-state index contributed by atoms with van der Waals surface area (Å²) in [7, 11) is 0. The van der Waals surface area contributed by atoms with E-state index >= 15 is 0 Å². The summed E-state index contributed by atoms with van der Waals surface area (Å²) in [6.45, 7) is 0. The molecular weight excluding hydrogens is 184 g/mol. The van der Waals surface area contributed by atoms with Crippen molar-refractivity contribution in [1.29, 1.82) is 0 Å². The molecule has 0 saturated carbocycles. The standard InChI is InChI=1S/C14H16O/c1-2-3-9-14(15)10-8-12-6-4-5-7-13(12)11-14/h1,4-7,15H,3,8-11H2. The molecule has 0 aliphatic heterocycles. The topological polar surface area (TPSA) is 20.2 Å². The van der Waals surface area contributed by atoms with Gasteiger partial charge in [-0.2, -0.15) is 0 Å². The summed E-state index contributed by atoms with van der Waals surface area (Å²) in [6.07, 6.45) is 9.19. The van der Waals surface area contributed by atoms with E-state index in [-0.39, 0.29) is 0 Å². The molecule has 1 heteroatoms. The van der Waals surface area contributed by atoms with E-state index in [9.17, 15) is 5.11 Å². The zero-order valence-electron chi connectivity index (χ0n) is 8.87. The van der Waals surface area contributed by atoms with Crippen LogP contribution in [-0.4, -0.2) is 10.7 Å². The largest absolute Gasteiger partial charge is 0.389 e. The summed E-state index contributed by atoms with van der Waals surface area (Å²) in [5.74, 6) is 2.60. The zero-order chi connectivity index (χ0) is 10.7. The Kier molecular flexibility index (Phi) is 2.79. The lowest BCUT2D eigenvalue weighted by atomic mass is 9.78. The molecule has 1 atom stereocenters. The van der Waals surface area contributed by atoms with E-state index in [1.807, 2.05) is 6.07 Å². The van der Waals surface area contributed by atoms with Crippen LogP contribution in [0.4, 0.5) is 0 Å². The molecule has 0 bridgehead atoms. The van der Waals surface area contributed by atoms with Crippen molar-refractivity contribution in [2.75, 3.05) is 0 Å². The second-order valence-corrected chi connectivity index (χ2v) is 4.37. The van der Waals surface area contributed by atoms with Gasteiger partial charge in [0.25, 0.3) is 0 Å². The summed E-state index contributed by atoms with van der Waals surface area (Å²) >= 11 is 0. The first-order valence-electron chi connectivity index (χ1n) is 5.46. The second-order valence-electron chi connectivity index (χ2n) is 4.37. The van der Waals surface area contributed by atoms with Gasteiger partial charge < -0.3 is 5.11 Å². The van der Waals surface area contributed by atoms with Crippen molar-refractivity contribution in [2.24, 2.45) is 0 Å². The smallest absolute Gasteiger partial charge is 0.0700 e. The molecule has 1 N–H and O–H groups in total. The lowest BCUT2D eigenvalue weighted by Gasteiger charge is -2.33. The average molecular weight is 200 g/mol. The first kappa shape index (κ1) is 10.3. The van der Waals surface area contributed by atoms with Gasteiger partial charge in [-0.1, -0.05) is 24.3 Å². The number of benzene rings is 1. The molecule has 2 rings (SSSR count). The highest BCUT2D eigenvalue weighted by Gasteiger charge is 2.30. The Morgan fingerprint density at radius 1 is 1.33 bits per heavy atom. The molecule has 0 radical (unpaired) electrons. The Balaban J connectivity index is 2.14. The zero-order valence-corrected chi connectivity index (χ0v) is 8.87. The van der Waals surface area contributed by atoms with Crippen molar-refractivity contribution in [3.05, 3.63) is 35.4 Å². The minimum Gasteiger partial charge on any atom is -0.389 e. The van der Waals surface area contributed by atoms with Gasteiger partial charge in [-0.05, 0) is 30.4 Å². The van der Waals surface area contributed by atoms with Gasteiger partial charge in [-0.3, -0.25) is 0 Å². The fourth-order valence-electron chi connectivity index (χ4n) is 2.30. The Labute approximate surface area is 91.1 Å². The second kappa shape index (κ2) is 4.08. The first-order chi connectivity index (χ1) is 7.23. The summed E-state index contributed by atoms with van der Waals surface area (Å²) in [6, 6.07) is 8.35. The molecule has 0 amide bonds. The molecule has 1 aliphatic carbocycles. The van der Waals surface area contributed by atoms with Crippen molar-refractivity contribution in [1.82, 2.24) is 0 Å². The van der Waals surface area contributed by atoms with E-state index in [0.29, 0.717) is 6.42 Å². The summed E-state index contributed by atoms with van der Waals surface area (Å²) < 4.78 is 0. The third-order valence-electron chi connectivity index (χ3n) is 3.23. The Bertz CT molecular complexity index is 389. The first-order valence-corrected chi connectivity index (χ1v) is 5.46. The monoisotopic (exact) mass is 200 g/mol. The summed E-state index contributed by atoms with van der Waals surface area (Å²) in [5.41, 5.74) is 2.09. The van der Waals surface area contributed by atoms with Crippen molar-refractivity contribution < 1.29 is 5.11 Å². The van der Waals surface area contributed by atoms with Gasteiger partial charge in [0.2, 0.25) is 0 Å². The Morgan fingerprint density at radius 3 is 2.80 bits per heavy atom. The number of rotatable bonds is 2. The molecule has 15 heavy (non-hydrogen) atoms. The lowest BCUT2D eigenvalue weighted by molar-refractivity contribution is 0.0193. The van der Waals surface area contributed by atoms with Crippen LogP contribution in [0.25, 0.3) is 0 Å². The fourth-order valence-corrected chi connectivity index (χ4v) is 2.30. The minimum atomic E-state index is -0.569.